The Morgan fingerprint density at radius 3 is 2.36 bits per heavy atom. The van der Waals surface area contributed by atoms with Gasteiger partial charge in [-0.25, -0.2) is 0 Å². The van der Waals surface area contributed by atoms with Crippen LogP contribution in [-0.2, 0) is 0 Å². The van der Waals surface area contributed by atoms with Gasteiger partial charge < -0.3 is 5.11 Å². The summed E-state index contributed by atoms with van der Waals surface area (Å²) in [7, 11) is 0. The van der Waals surface area contributed by atoms with Crippen LogP contribution >= 0.6 is 0 Å². The lowest BCUT2D eigenvalue weighted by atomic mass is 9.92. The second-order valence-corrected chi connectivity index (χ2v) is 3.88. The number of carbonyl (C=O) groups excluding carboxylic acids is 1. The van der Waals surface area contributed by atoms with Gasteiger partial charge in [-0.05, 0) is 37.0 Å². The summed E-state index contributed by atoms with van der Waals surface area (Å²) in [5.74, 6) is 0.371. The van der Waals surface area contributed by atoms with Crippen molar-refractivity contribution < 1.29 is 9.90 Å². The van der Waals surface area contributed by atoms with Gasteiger partial charge in [0.25, 0.3) is 0 Å². The van der Waals surface area contributed by atoms with Crippen LogP contribution in [0.15, 0.2) is 12.1 Å². The van der Waals surface area contributed by atoms with Gasteiger partial charge >= 0.3 is 0 Å². The molecular formula is C12H16O2. The van der Waals surface area contributed by atoms with Gasteiger partial charge in [0.05, 0.1) is 5.56 Å². The molecule has 76 valence electrons. The minimum atomic E-state index is -0.0810. The molecule has 0 aliphatic rings. The van der Waals surface area contributed by atoms with Crippen molar-refractivity contribution in [2.45, 2.75) is 33.6 Å². The molecule has 0 aliphatic heterocycles. The smallest absolute Gasteiger partial charge is 0.163 e. The fourth-order valence-electron chi connectivity index (χ4n) is 1.78. The van der Waals surface area contributed by atoms with Crippen LogP contribution in [0.1, 0.15) is 48.2 Å². The summed E-state index contributed by atoms with van der Waals surface area (Å²) < 4.78 is 0. The highest BCUT2D eigenvalue weighted by molar-refractivity contribution is 5.98. The third kappa shape index (κ3) is 1.79. The van der Waals surface area contributed by atoms with E-state index in [1.165, 1.54) is 6.92 Å². The third-order valence-corrected chi connectivity index (χ3v) is 2.46. The van der Waals surface area contributed by atoms with Gasteiger partial charge in [0.15, 0.2) is 5.78 Å². The number of ketones is 1. The Labute approximate surface area is 84.6 Å². The third-order valence-electron chi connectivity index (χ3n) is 2.46. The van der Waals surface area contributed by atoms with Gasteiger partial charge in [-0.3, -0.25) is 4.79 Å². The zero-order chi connectivity index (χ0) is 10.9. The summed E-state index contributed by atoms with van der Waals surface area (Å²) in [4.78, 5) is 11.3. The maximum Gasteiger partial charge on any atom is 0.163 e. The highest BCUT2D eigenvalue weighted by atomic mass is 16.3. The molecule has 0 bridgehead atoms. The predicted molar refractivity (Wildman–Crippen MR) is 56.9 cm³/mol. The molecule has 1 aromatic rings. The maximum atomic E-state index is 11.3. The van der Waals surface area contributed by atoms with Crippen molar-refractivity contribution in [3.8, 4) is 5.75 Å². The number of carbonyl (C=O) groups is 1. The Kier molecular flexibility index (Phi) is 2.94. The first kappa shape index (κ1) is 10.8. The van der Waals surface area contributed by atoms with Crippen molar-refractivity contribution in [3.05, 3.63) is 28.8 Å². The minimum absolute atomic E-state index is 0.0810. The molecule has 0 atom stereocenters. The molecule has 0 radical (unpaired) electrons. The zero-order valence-corrected chi connectivity index (χ0v) is 9.09. The average Bonchev–Trinajstić information content (AvgIpc) is 2.02. The van der Waals surface area contributed by atoms with Crippen molar-refractivity contribution in [1.29, 1.82) is 0 Å². The van der Waals surface area contributed by atoms with Crippen molar-refractivity contribution in [2.75, 3.05) is 0 Å². The second-order valence-electron chi connectivity index (χ2n) is 3.88. The molecule has 0 amide bonds. The lowest BCUT2D eigenvalue weighted by Gasteiger charge is -2.13. The van der Waals surface area contributed by atoms with Crippen LogP contribution in [-0.4, -0.2) is 10.9 Å². The number of rotatable bonds is 2. The lowest BCUT2D eigenvalue weighted by Crippen LogP contribution is -2.02. The number of phenols is 1. The van der Waals surface area contributed by atoms with E-state index in [0.29, 0.717) is 11.5 Å². The van der Waals surface area contributed by atoms with Crippen molar-refractivity contribution >= 4 is 5.78 Å². The first-order chi connectivity index (χ1) is 6.45. The molecule has 1 N–H and O–H groups in total. The summed E-state index contributed by atoms with van der Waals surface area (Å²) in [6.07, 6.45) is 0. The molecule has 0 saturated carbocycles. The fourth-order valence-corrected chi connectivity index (χ4v) is 1.78. The van der Waals surface area contributed by atoms with E-state index < -0.39 is 0 Å². The van der Waals surface area contributed by atoms with Gasteiger partial charge in [-0.1, -0.05) is 19.9 Å². The molecule has 1 rings (SSSR count). The van der Waals surface area contributed by atoms with Crippen LogP contribution in [0.4, 0.5) is 0 Å². The monoisotopic (exact) mass is 192 g/mol. The fraction of sp³-hybridized carbons (Fsp3) is 0.417. The van der Waals surface area contributed by atoms with E-state index in [-0.39, 0.29) is 11.5 Å². The molecule has 0 aliphatic carbocycles. The Hall–Kier alpha value is -1.31. The van der Waals surface area contributed by atoms with Gasteiger partial charge in [0.2, 0.25) is 0 Å². The van der Waals surface area contributed by atoms with Crippen LogP contribution in [0, 0.1) is 6.92 Å². The molecule has 2 heteroatoms. The molecule has 0 saturated heterocycles. The largest absolute Gasteiger partial charge is 0.507 e. The van der Waals surface area contributed by atoms with Crippen LogP contribution < -0.4 is 0 Å². The summed E-state index contributed by atoms with van der Waals surface area (Å²) in [6.45, 7) is 7.50. The van der Waals surface area contributed by atoms with Crippen molar-refractivity contribution in [3.63, 3.8) is 0 Å². The molecule has 0 heterocycles. The quantitative estimate of drug-likeness (QED) is 0.731. The first-order valence-electron chi connectivity index (χ1n) is 4.78. The number of benzene rings is 1. The normalized spacial score (nSPS) is 10.6. The molecular weight excluding hydrogens is 176 g/mol. The average molecular weight is 192 g/mol. The van der Waals surface area contributed by atoms with Crippen LogP contribution in [0.3, 0.4) is 0 Å². The van der Waals surface area contributed by atoms with E-state index in [0.717, 1.165) is 11.1 Å². The Balaban J connectivity index is 3.41. The summed E-state index contributed by atoms with van der Waals surface area (Å²) in [6, 6.07) is 3.47. The highest BCUT2D eigenvalue weighted by Gasteiger charge is 2.14. The molecule has 1 aromatic carbocycles. The van der Waals surface area contributed by atoms with E-state index in [9.17, 15) is 9.90 Å². The molecule has 2 nitrogen and oxygen atoms in total. The van der Waals surface area contributed by atoms with Crippen LogP contribution in [0.5, 0.6) is 5.75 Å². The van der Waals surface area contributed by atoms with E-state index in [2.05, 4.69) is 13.8 Å². The Morgan fingerprint density at radius 1 is 1.36 bits per heavy atom. The van der Waals surface area contributed by atoms with Gasteiger partial charge in [0.1, 0.15) is 5.75 Å². The summed E-state index contributed by atoms with van der Waals surface area (Å²) in [5, 5.41) is 9.55. The Bertz CT molecular complexity index is 365. The van der Waals surface area contributed by atoms with E-state index in [4.69, 9.17) is 0 Å². The zero-order valence-electron chi connectivity index (χ0n) is 9.09. The number of hydrogen-bond donors (Lipinski definition) is 1. The number of phenolic OH excluding ortho intramolecular Hbond substituents is 1. The second kappa shape index (κ2) is 3.82. The number of aromatic hydroxyl groups is 1. The van der Waals surface area contributed by atoms with Gasteiger partial charge in [0, 0.05) is 0 Å². The SMILES string of the molecule is CC(=O)c1c(O)ccc(C(C)C)c1C. The van der Waals surface area contributed by atoms with E-state index in [1.807, 2.05) is 13.0 Å². The van der Waals surface area contributed by atoms with Crippen LogP contribution in [0.25, 0.3) is 0 Å². The topological polar surface area (TPSA) is 37.3 Å². The first-order valence-corrected chi connectivity index (χ1v) is 4.78. The number of hydrogen-bond acceptors (Lipinski definition) is 2. The maximum absolute atomic E-state index is 11.3. The predicted octanol–water partition coefficient (Wildman–Crippen LogP) is 3.03. The van der Waals surface area contributed by atoms with Crippen LogP contribution in [0.2, 0.25) is 0 Å². The molecule has 0 spiro atoms. The van der Waals surface area contributed by atoms with Gasteiger partial charge in [-0.2, -0.15) is 0 Å². The van der Waals surface area contributed by atoms with E-state index in [1.54, 1.807) is 6.07 Å². The highest BCUT2D eigenvalue weighted by Crippen LogP contribution is 2.28. The minimum Gasteiger partial charge on any atom is -0.507 e. The lowest BCUT2D eigenvalue weighted by molar-refractivity contribution is 0.101. The summed E-state index contributed by atoms with van der Waals surface area (Å²) >= 11 is 0. The molecule has 0 aromatic heterocycles. The van der Waals surface area contributed by atoms with Gasteiger partial charge in [-0.15, -0.1) is 0 Å². The standard InChI is InChI=1S/C12H16O2/c1-7(2)10-5-6-11(14)12(8(10)3)9(4)13/h5-7,14H,1-4H3. The molecule has 14 heavy (non-hydrogen) atoms. The van der Waals surface area contributed by atoms with E-state index >= 15 is 0 Å². The van der Waals surface area contributed by atoms with Crippen molar-refractivity contribution in [2.24, 2.45) is 0 Å². The van der Waals surface area contributed by atoms with Crippen molar-refractivity contribution in [1.82, 2.24) is 0 Å². The molecule has 0 fully saturated rings. The number of Topliss-reactive ketones (excluding diaryl/α,β-unsaturated/α-hetero) is 1. The Morgan fingerprint density at radius 2 is 1.93 bits per heavy atom. The summed E-state index contributed by atoms with van der Waals surface area (Å²) in [5.41, 5.74) is 2.47. The molecule has 0 unspecified atom stereocenters.